The molecule has 0 amide bonds. The van der Waals surface area contributed by atoms with Gasteiger partial charge in [-0.1, -0.05) is 17.3 Å². The van der Waals surface area contributed by atoms with E-state index in [0.717, 1.165) is 30.8 Å². The first kappa shape index (κ1) is 18.3. The summed E-state index contributed by atoms with van der Waals surface area (Å²) in [5.41, 5.74) is 3.22. The van der Waals surface area contributed by atoms with Crippen molar-refractivity contribution in [1.29, 1.82) is 0 Å². The van der Waals surface area contributed by atoms with Crippen LogP contribution in [0.25, 0.3) is 11.5 Å². The Morgan fingerprint density at radius 2 is 2.17 bits per heavy atom. The number of benzene rings is 1. The minimum Gasteiger partial charge on any atom is -0.487 e. The Kier molecular flexibility index (Phi) is 4.40. The first-order valence-electron chi connectivity index (χ1n) is 9.92. The summed E-state index contributed by atoms with van der Waals surface area (Å²) in [6.45, 7) is 7.12. The molecule has 4 heterocycles. The van der Waals surface area contributed by atoms with Crippen LogP contribution in [0.4, 0.5) is 0 Å². The zero-order chi connectivity index (χ0) is 20.0. The Hall–Kier alpha value is -2.71. The molecule has 0 N–H and O–H groups in total. The lowest BCUT2D eigenvalue weighted by molar-refractivity contribution is -0.0166. The molecule has 8 nitrogen and oxygen atoms in total. The summed E-state index contributed by atoms with van der Waals surface area (Å²) in [4.78, 5) is 6.96. The van der Waals surface area contributed by atoms with E-state index >= 15 is 0 Å². The second kappa shape index (κ2) is 6.96. The van der Waals surface area contributed by atoms with Crippen LogP contribution in [-0.4, -0.2) is 50.2 Å². The molecule has 29 heavy (non-hydrogen) atoms. The van der Waals surface area contributed by atoms with Gasteiger partial charge in [-0.05, 0) is 31.0 Å². The summed E-state index contributed by atoms with van der Waals surface area (Å²) < 4.78 is 18.9. The number of rotatable bonds is 4. The number of hydrogen-bond donors (Lipinski definition) is 0. The van der Waals surface area contributed by atoms with E-state index in [9.17, 15) is 0 Å². The lowest BCUT2D eigenvalue weighted by atomic mass is 10.00. The van der Waals surface area contributed by atoms with Crippen LogP contribution in [0.3, 0.4) is 0 Å². The van der Waals surface area contributed by atoms with Gasteiger partial charge in [-0.2, -0.15) is 10.1 Å². The van der Waals surface area contributed by atoms with E-state index in [1.807, 2.05) is 13.2 Å². The minimum absolute atomic E-state index is 0.0427. The molecule has 3 aromatic rings. The largest absolute Gasteiger partial charge is 0.487 e. The lowest BCUT2D eigenvalue weighted by Gasteiger charge is -2.33. The van der Waals surface area contributed by atoms with Gasteiger partial charge in [0.15, 0.2) is 5.82 Å². The molecule has 1 atom stereocenters. The fourth-order valence-corrected chi connectivity index (χ4v) is 4.08. The van der Waals surface area contributed by atoms with Gasteiger partial charge < -0.3 is 14.0 Å². The van der Waals surface area contributed by atoms with Crippen LogP contribution in [0.1, 0.15) is 36.8 Å². The maximum Gasteiger partial charge on any atom is 0.261 e. The third-order valence-corrected chi connectivity index (χ3v) is 5.44. The molecule has 152 valence electrons. The Labute approximate surface area is 169 Å². The lowest BCUT2D eigenvalue weighted by Crippen LogP contribution is -2.39. The van der Waals surface area contributed by atoms with E-state index in [0.29, 0.717) is 24.9 Å². The SMILES string of the molecule is Cn1cc(-c2nc(C3COCCN3Cc3ccc4c(c3)CC(C)(C)O4)no2)cn1. The fourth-order valence-electron chi connectivity index (χ4n) is 4.08. The van der Waals surface area contributed by atoms with Crippen molar-refractivity contribution in [2.75, 3.05) is 19.8 Å². The summed E-state index contributed by atoms with van der Waals surface area (Å²) in [5.74, 6) is 2.13. The van der Waals surface area contributed by atoms with Crippen molar-refractivity contribution in [1.82, 2.24) is 24.8 Å². The molecule has 1 aromatic carbocycles. The standard InChI is InChI=1S/C21H25N5O3/c1-21(2)9-15-8-14(4-5-18(15)28-21)11-26-6-7-27-13-17(26)19-23-20(29-24-19)16-10-22-25(3)12-16/h4-5,8,10,12,17H,6-7,9,11,13H2,1-3H3. The van der Waals surface area contributed by atoms with E-state index in [4.69, 9.17) is 14.0 Å². The first-order chi connectivity index (χ1) is 14.0. The van der Waals surface area contributed by atoms with Gasteiger partial charge in [-0.15, -0.1) is 0 Å². The highest BCUT2D eigenvalue weighted by Crippen LogP contribution is 2.36. The van der Waals surface area contributed by atoms with Crippen LogP contribution in [0, 0.1) is 0 Å². The average Bonchev–Trinajstić information content (AvgIpc) is 3.39. The van der Waals surface area contributed by atoms with E-state index < -0.39 is 0 Å². The fraction of sp³-hybridized carbons (Fsp3) is 0.476. The predicted octanol–water partition coefficient (Wildman–Crippen LogP) is 2.76. The second-order valence-electron chi connectivity index (χ2n) is 8.40. The molecule has 0 spiro atoms. The van der Waals surface area contributed by atoms with Crippen molar-refractivity contribution in [3.05, 3.63) is 47.5 Å². The smallest absolute Gasteiger partial charge is 0.261 e. The number of aryl methyl sites for hydroxylation is 1. The number of aromatic nitrogens is 4. The summed E-state index contributed by atoms with van der Waals surface area (Å²) in [6, 6.07) is 6.45. The van der Waals surface area contributed by atoms with Crippen LogP contribution >= 0.6 is 0 Å². The van der Waals surface area contributed by atoms with Crippen molar-refractivity contribution >= 4 is 0 Å². The summed E-state index contributed by atoms with van der Waals surface area (Å²) in [7, 11) is 1.86. The molecule has 2 aliphatic rings. The highest BCUT2D eigenvalue weighted by molar-refractivity contribution is 5.49. The molecule has 1 fully saturated rings. The van der Waals surface area contributed by atoms with E-state index in [2.05, 4.69) is 52.2 Å². The second-order valence-corrected chi connectivity index (χ2v) is 8.40. The number of nitrogens with zero attached hydrogens (tertiary/aromatic N) is 5. The van der Waals surface area contributed by atoms with Crippen molar-refractivity contribution < 1.29 is 14.0 Å². The number of fused-ring (bicyclic) bond motifs is 1. The third kappa shape index (κ3) is 3.65. The first-order valence-corrected chi connectivity index (χ1v) is 9.92. The molecule has 0 aliphatic carbocycles. The van der Waals surface area contributed by atoms with Gasteiger partial charge in [0, 0.05) is 32.8 Å². The molecule has 0 bridgehead atoms. The van der Waals surface area contributed by atoms with Crippen molar-refractivity contribution in [3.8, 4) is 17.2 Å². The quantitative estimate of drug-likeness (QED) is 0.672. The molecule has 0 radical (unpaired) electrons. The van der Waals surface area contributed by atoms with Gasteiger partial charge in [-0.25, -0.2) is 0 Å². The molecule has 2 aliphatic heterocycles. The third-order valence-electron chi connectivity index (χ3n) is 5.44. The summed E-state index contributed by atoms with van der Waals surface area (Å²) in [6.07, 6.45) is 4.52. The van der Waals surface area contributed by atoms with Crippen LogP contribution in [0.2, 0.25) is 0 Å². The Morgan fingerprint density at radius 3 is 3.00 bits per heavy atom. The molecule has 2 aromatic heterocycles. The van der Waals surface area contributed by atoms with Crippen LogP contribution in [0.5, 0.6) is 5.75 Å². The monoisotopic (exact) mass is 395 g/mol. The van der Waals surface area contributed by atoms with Crippen LogP contribution < -0.4 is 4.74 Å². The minimum atomic E-state index is -0.129. The van der Waals surface area contributed by atoms with Gasteiger partial charge >= 0.3 is 0 Å². The van der Waals surface area contributed by atoms with Crippen molar-refractivity contribution in [3.63, 3.8) is 0 Å². The zero-order valence-corrected chi connectivity index (χ0v) is 17.0. The average molecular weight is 395 g/mol. The molecular formula is C21H25N5O3. The van der Waals surface area contributed by atoms with E-state index in [1.165, 1.54) is 11.1 Å². The molecule has 5 rings (SSSR count). The van der Waals surface area contributed by atoms with Gasteiger partial charge in [0.1, 0.15) is 11.4 Å². The van der Waals surface area contributed by atoms with Gasteiger partial charge in [0.2, 0.25) is 0 Å². The molecule has 8 heteroatoms. The Morgan fingerprint density at radius 1 is 1.28 bits per heavy atom. The zero-order valence-electron chi connectivity index (χ0n) is 17.0. The number of hydrogen-bond acceptors (Lipinski definition) is 7. The Bertz CT molecular complexity index is 1030. The normalized spacial score (nSPS) is 21.1. The Balaban J connectivity index is 1.36. The summed E-state index contributed by atoms with van der Waals surface area (Å²) >= 11 is 0. The van der Waals surface area contributed by atoms with Gasteiger partial charge in [0.25, 0.3) is 5.89 Å². The summed E-state index contributed by atoms with van der Waals surface area (Å²) in [5, 5.41) is 8.40. The highest BCUT2D eigenvalue weighted by Gasteiger charge is 2.32. The van der Waals surface area contributed by atoms with Gasteiger partial charge in [-0.3, -0.25) is 9.58 Å². The molecule has 1 unspecified atom stereocenters. The van der Waals surface area contributed by atoms with Gasteiger partial charge in [0.05, 0.1) is 31.0 Å². The van der Waals surface area contributed by atoms with E-state index in [-0.39, 0.29) is 11.6 Å². The molecule has 0 saturated carbocycles. The van der Waals surface area contributed by atoms with Crippen molar-refractivity contribution in [2.45, 2.75) is 38.5 Å². The molecule has 1 saturated heterocycles. The van der Waals surface area contributed by atoms with Crippen LogP contribution in [-0.2, 0) is 24.8 Å². The highest BCUT2D eigenvalue weighted by atomic mass is 16.5. The van der Waals surface area contributed by atoms with E-state index in [1.54, 1.807) is 10.9 Å². The van der Waals surface area contributed by atoms with Crippen molar-refractivity contribution in [2.24, 2.45) is 7.05 Å². The number of morpholine rings is 1. The molecular weight excluding hydrogens is 370 g/mol. The number of ether oxygens (including phenoxy) is 2. The maximum absolute atomic E-state index is 6.00. The van der Waals surface area contributed by atoms with Crippen LogP contribution in [0.15, 0.2) is 35.1 Å². The topological polar surface area (TPSA) is 78.4 Å². The maximum atomic E-state index is 6.00. The predicted molar refractivity (Wildman–Crippen MR) is 105 cm³/mol.